The number of halogens is 1. The van der Waals surface area contributed by atoms with Gasteiger partial charge in [-0.15, -0.1) is 0 Å². The van der Waals surface area contributed by atoms with Crippen LogP contribution in [0.4, 0.5) is 4.39 Å². The fourth-order valence-corrected chi connectivity index (χ4v) is 3.54. The molecule has 1 aromatic carbocycles. The van der Waals surface area contributed by atoms with E-state index in [0.29, 0.717) is 6.04 Å². The summed E-state index contributed by atoms with van der Waals surface area (Å²) >= 11 is 0. The number of nitrogens with one attached hydrogen (secondary N) is 1. The van der Waals surface area contributed by atoms with Gasteiger partial charge >= 0.3 is 0 Å². The average Bonchev–Trinajstić information content (AvgIpc) is 3.33. The van der Waals surface area contributed by atoms with Gasteiger partial charge in [0.2, 0.25) is 0 Å². The van der Waals surface area contributed by atoms with Gasteiger partial charge in [-0.1, -0.05) is 12.1 Å². The van der Waals surface area contributed by atoms with E-state index in [-0.39, 0.29) is 5.82 Å². The van der Waals surface area contributed by atoms with Crippen molar-refractivity contribution >= 4 is 0 Å². The van der Waals surface area contributed by atoms with E-state index in [4.69, 9.17) is 0 Å². The maximum absolute atomic E-state index is 13.0. The third-order valence-corrected chi connectivity index (χ3v) is 4.95. The molecule has 0 radical (unpaired) electrons. The van der Waals surface area contributed by atoms with Crippen LogP contribution < -0.4 is 5.32 Å². The number of nitrogens with zero attached hydrogens (tertiary/aromatic N) is 1. The molecular weight excluding hydrogens is 263 g/mol. The quantitative estimate of drug-likeness (QED) is 0.865. The first-order valence-corrected chi connectivity index (χ1v) is 8.43. The highest BCUT2D eigenvalue weighted by molar-refractivity contribution is 5.17. The molecule has 21 heavy (non-hydrogen) atoms. The van der Waals surface area contributed by atoms with Crippen LogP contribution in [0.2, 0.25) is 0 Å². The van der Waals surface area contributed by atoms with Crippen molar-refractivity contribution in [1.82, 2.24) is 10.2 Å². The number of piperidine rings is 1. The zero-order chi connectivity index (χ0) is 14.7. The molecule has 0 amide bonds. The fraction of sp³-hybridized carbons (Fsp3) is 0.667. The van der Waals surface area contributed by atoms with Gasteiger partial charge in [-0.3, -0.25) is 4.90 Å². The molecule has 2 nitrogen and oxygen atoms in total. The average molecular weight is 290 g/mol. The fourth-order valence-electron chi connectivity index (χ4n) is 3.54. The molecule has 116 valence electrons. The lowest BCUT2D eigenvalue weighted by Crippen LogP contribution is -2.42. The molecule has 1 atom stereocenters. The minimum Gasteiger partial charge on any atom is -0.317 e. The highest BCUT2D eigenvalue weighted by atomic mass is 19.1. The van der Waals surface area contributed by atoms with Gasteiger partial charge in [0, 0.05) is 18.6 Å². The van der Waals surface area contributed by atoms with Crippen LogP contribution in [0, 0.1) is 11.7 Å². The number of benzene rings is 1. The van der Waals surface area contributed by atoms with E-state index in [2.05, 4.69) is 17.1 Å². The molecule has 1 aromatic rings. The van der Waals surface area contributed by atoms with E-state index in [9.17, 15) is 4.39 Å². The third-order valence-electron chi connectivity index (χ3n) is 4.95. The smallest absolute Gasteiger partial charge is 0.123 e. The molecule has 1 saturated carbocycles. The summed E-state index contributed by atoms with van der Waals surface area (Å²) in [5.41, 5.74) is 1.25. The van der Waals surface area contributed by atoms with Gasteiger partial charge in [-0.2, -0.15) is 0 Å². The predicted molar refractivity (Wildman–Crippen MR) is 84.9 cm³/mol. The second kappa shape index (κ2) is 6.89. The molecule has 0 bridgehead atoms. The van der Waals surface area contributed by atoms with Gasteiger partial charge in [0.1, 0.15) is 5.82 Å². The van der Waals surface area contributed by atoms with Gasteiger partial charge in [0.05, 0.1) is 0 Å². The summed E-state index contributed by atoms with van der Waals surface area (Å²) < 4.78 is 13.0. The topological polar surface area (TPSA) is 15.3 Å². The van der Waals surface area contributed by atoms with Crippen LogP contribution in [0.15, 0.2) is 24.3 Å². The Balaban J connectivity index is 1.58. The number of hydrogen-bond acceptors (Lipinski definition) is 2. The molecule has 3 rings (SSSR count). The molecule has 1 aliphatic heterocycles. The van der Waals surface area contributed by atoms with Gasteiger partial charge < -0.3 is 5.32 Å². The van der Waals surface area contributed by atoms with Gasteiger partial charge in [-0.25, -0.2) is 4.39 Å². The molecule has 2 aliphatic rings. The standard InChI is InChI=1S/C18H27FN2/c1-14(12-15-2-4-17(19)5-3-15)21(18-6-7-18)13-16-8-10-20-11-9-16/h2-5,14,16,18,20H,6-13H2,1H3. The van der Waals surface area contributed by atoms with Crippen molar-refractivity contribution in [3.8, 4) is 0 Å². The van der Waals surface area contributed by atoms with Crippen molar-refractivity contribution in [2.24, 2.45) is 5.92 Å². The van der Waals surface area contributed by atoms with E-state index in [1.165, 1.54) is 50.9 Å². The van der Waals surface area contributed by atoms with E-state index < -0.39 is 0 Å². The first-order valence-electron chi connectivity index (χ1n) is 8.43. The van der Waals surface area contributed by atoms with Crippen LogP contribution >= 0.6 is 0 Å². The van der Waals surface area contributed by atoms with Gasteiger partial charge in [0.15, 0.2) is 0 Å². The van der Waals surface area contributed by atoms with Crippen molar-refractivity contribution in [3.05, 3.63) is 35.6 Å². The van der Waals surface area contributed by atoms with E-state index in [1.54, 1.807) is 12.1 Å². The summed E-state index contributed by atoms with van der Waals surface area (Å²) in [4.78, 5) is 2.72. The Bertz CT molecular complexity index is 435. The van der Waals surface area contributed by atoms with Crippen molar-refractivity contribution < 1.29 is 4.39 Å². The molecule has 1 aliphatic carbocycles. The SMILES string of the molecule is CC(Cc1ccc(F)cc1)N(CC1CCNCC1)C1CC1. The van der Waals surface area contributed by atoms with Gasteiger partial charge in [-0.05, 0) is 75.7 Å². The summed E-state index contributed by atoms with van der Waals surface area (Å²) in [7, 11) is 0. The third kappa shape index (κ3) is 4.27. The largest absolute Gasteiger partial charge is 0.317 e. The maximum atomic E-state index is 13.0. The monoisotopic (exact) mass is 290 g/mol. The van der Waals surface area contributed by atoms with E-state index >= 15 is 0 Å². The first kappa shape index (κ1) is 15.0. The summed E-state index contributed by atoms with van der Waals surface area (Å²) in [6.45, 7) is 5.93. The predicted octanol–water partition coefficient (Wildman–Crippen LogP) is 3.22. The summed E-state index contributed by atoms with van der Waals surface area (Å²) in [5, 5.41) is 3.45. The Kier molecular flexibility index (Phi) is 4.91. The lowest BCUT2D eigenvalue weighted by atomic mass is 9.96. The van der Waals surface area contributed by atoms with E-state index in [0.717, 1.165) is 18.4 Å². The minimum atomic E-state index is -0.139. The Morgan fingerprint density at radius 1 is 1.14 bits per heavy atom. The molecule has 2 fully saturated rings. The Hall–Kier alpha value is -0.930. The molecule has 0 spiro atoms. The molecule has 1 saturated heterocycles. The number of rotatable bonds is 6. The zero-order valence-corrected chi connectivity index (χ0v) is 13.0. The van der Waals surface area contributed by atoms with Crippen molar-refractivity contribution in [3.63, 3.8) is 0 Å². The van der Waals surface area contributed by atoms with E-state index in [1.807, 2.05) is 12.1 Å². The second-order valence-corrected chi connectivity index (χ2v) is 6.80. The molecule has 0 aromatic heterocycles. The first-order chi connectivity index (χ1) is 10.2. The van der Waals surface area contributed by atoms with Crippen LogP contribution in [0.1, 0.15) is 38.2 Å². The summed E-state index contributed by atoms with van der Waals surface area (Å²) in [5.74, 6) is 0.711. The molecule has 1 N–H and O–H groups in total. The van der Waals surface area contributed by atoms with Crippen LogP contribution in [-0.4, -0.2) is 36.6 Å². The highest BCUT2D eigenvalue weighted by Crippen LogP contribution is 2.31. The molecule has 1 heterocycles. The van der Waals surface area contributed by atoms with Crippen molar-refractivity contribution in [1.29, 1.82) is 0 Å². The number of hydrogen-bond donors (Lipinski definition) is 1. The van der Waals surface area contributed by atoms with Crippen LogP contribution in [0.25, 0.3) is 0 Å². The minimum absolute atomic E-state index is 0.139. The lowest BCUT2D eigenvalue weighted by Gasteiger charge is -2.34. The van der Waals surface area contributed by atoms with Gasteiger partial charge in [0.25, 0.3) is 0 Å². The van der Waals surface area contributed by atoms with Crippen LogP contribution in [0.5, 0.6) is 0 Å². The Morgan fingerprint density at radius 3 is 2.43 bits per heavy atom. The maximum Gasteiger partial charge on any atom is 0.123 e. The van der Waals surface area contributed by atoms with Crippen LogP contribution in [-0.2, 0) is 6.42 Å². The normalized spacial score (nSPS) is 21.7. The van der Waals surface area contributed by atoms with Crippen molar-refractivity contribution in [2.75, 3.05) is 19.6 Å². The highest BCUT2D eigenvalue weighted by Gasteiger charge is 2.33. The van der Waals surface area contributed by atoms with Crippen LogP contribution in [0.3, 0.4) is 0 Å². The van der Waals surface area contributed by atoms with Crippen molar-refractivity contribution in [2.45, 2.75) is 51.1 Å². The lowest BCUT2D eigenvalue weighted by molar-refractivity contribution is 0.151. The summed E-state index contributed by atoms with van der Waals surface area (Å²) in [6, 6.07) is 8.38. The summed E-state index contributed by atoms with van der Waals surface area (Å²) in [6.07, 6.45) is 6.37. The molecule has 3 heteroatoms. The molecule has 1 unspecified atom stereocenters. The Morgan fingerprint density at radius 2 is 1.81 bits per heavy atom. The Labute approximate surface area is 127 Å². The molecular formula is C18H27FN2. The zero-order valence-electron chi connectivity index (χ0n) is 13.0. The second-order valence-electron chi connectivity index (χ2n) is 6.80.